The largest absolute Gasteiger partial charge is 0.482 e. The Balaban J connectivity index is 2.13. The fourth-order valence-electron chi connectivity index (χ4n) is 3.97. The van der Waals surface area contributed by atoms with Gasteiger partial charge in [-0.3, -0.25) is 4.79 Å². The number of aliphatic hydroxyl groups excluding tert-OH is 1. The minimum Gasteiger partial charge on any atom is -0.482 e. The Morgan fingerprint density at radius 2 is 2.06 bits per heavy atom. The summed E-state index contributed by atoms with van der Waals surface area (Å²) < 4.78 is 16.9. The predicted molar refractivity (Wildman–Crippen MR) is 117 cm³/mol. The summed E-state index contributed by atoms with van der Waals surface area (Å²) in [6.07, 6.45) is 7.28. The van der Waals surface area contributed by atoms with Gasteiger partial charge in [-0.15, -0.1) is 0 Å². The molecule has 168 valence electrons. The van der Waals surface area contributed by atoms with Gasteiger partial charge in [0.05, 0.1) is 36.0 Å². The van der Waals surface area contributed by atoms with Crippen LogP contribution in [0, 0.1) is 17.8 Å². The highest BCUT2D eigenvalue weighted by molar-refractivity contribution is 6.45. The van der Waals surface area contributed by atoms with E-state index in [0.29, 0.717) is 22.8 Å². The quantitative estimate of drug-likeness (QED) is 0.609. The van der Waals surface area contributed by atoms with E-state index >= 15 is 0 Å². The van der Waals surface area contributed by atoms with Crippen LogP contribution in [0.1, 0.15) is 41.0 Å². The van der Waals surface area contributed by atoms with Crippen molar-refractivity contribution >= 4 is 23.4 Å². The van der Waals surface area contributed by atoms with Crippen molar-refractivity contribution in [2.75, 3.05) is 7.11 Å². The van der Waals surface area contributed by atoms with Crippen molar-refractivity contribution in [3.63, 3.8) is 0 Å². The summed E-state index contributed by atoms with van der Waals surface area (Å²) in [6.45, 7) is 9.12. The molecule has 1 aliphatic carbocycles. The lowest BCUT2D eigenvalue weighted by Gasteiger charge is -2.37. The van der Waals surface area contributed by atoms with Crippen LogP contribution >= 0.6 is 11.6 Å². The monoisotopic (exact) mass is 448 g/mol. The molecule has 0 spiro atoms. The number of fused-ring (bicyclic) bond motifs is 3. The molecular weight excluding hydrogens is 420 g/mol. The second kappa shape index (κ2) is 8.67. The second-order valence-corrected chi connectivity index (χ2v) is 8.86. The molecule has 5 atom stereocenters. The van der Waals surface area contributed by atoms with Gasteiger partial charge in [0, 0.05) is 17.1 Å². The Bertz CT molecular complexity index is 951. The molecule has 7 heteroatoms. The van der Waals surface area contributed by atoms with Crippen molar-refractivity contribution in [1.29, 1.82) is 0 Å². The number of esters is 1. The lowest BCUT2D eigenvalue weighted by Crippen LogP contribution is -2.47. The number of ketones is 1. The Kier molecular flexibility index (Phi) is 6.53. The van der Waals surface area contributed by atoms with Gasteiger partial charge < -0.3 is 19.3 Å². The molecule has 2 aliphatic heterocycles. The minimum atomic E-state index is -1.43. The van der Waals surface area contributed by atoms with Gasteiger partial charge in [0.2, 0.25) is 5.78 Å². The van der Waals surface area contributed by atoms with E-state index in [-0.39, 0.29) is 16.4 Å². The van der Waals surface area contributed by atoms with Crippen molar-refractivity contribution in [2.45, 2.75) is 52.7 Å². The Labute approximate surface area is 187 Å². The number of rotatable bonds is 6. The van der Waals surface area contributed by atoms with Crippen molar-refractivity contribution < 1.29 is 28.9 Å². The first-order valence-electron chi connectivity index (χ1n) is 10.5. The fraction of sp³-hybridized carbons (Fsp3) is 0.500. The van der Waals surface area contributed by atoms with Crippen LogP contribution < -0.4 is 0 Å². The van der Waals surface area contributed by atoms with E-state index in [1.165, 1.54) is 13.4 Å². The summed E-state index contributed by atoms with van der Waals surface area (Å²) in [7, 11) is 1.27. The van der Waals surface area contributed by atoms with E-state index in [4.69, 9.17) is 25.8 Å². The maximum atomic E-state index is 13.3. The lowest BCUT2D eigenvalue weighted by atomic mass is 9.70. The van der Waals surface area contributed by atoms with Crippen LogP contribution in [0.2, 0.25) is 0 Å². The average Bonchev–Trinajstić information content (AvgIpc) is 3.08. The fourth-order valence-corrected chi connectivity index (χ4v) is 4.32. The second-order valence-electron chi connectivity index (χ2n) is 8.48. The third-order valence-electron chi connectivity index (χ3n) is 6.32. The van der Waals surface area contributed by atoms with Crippen molar-refractivity contribution in [1.82, 2.24) is 0 Å². The van der Waals surface area contributed by atoms with Crippen molar-refractivity contribution in [3.8, 4) is 0 Å². The SMILES string of the molecule is CCC(C)C=CC1=CC2=C(Cl)C(=O)C3(C)OC(C(C)C(C)O)=C(C(=O)OC)C3C2=CO1. The van der Waals surface area contributed by atoms with Gasteiger partial charge in [-0.1, -0.05) is 44.9 Å². The number of aliphatic hydroxyl groups is 1. The number of allylic oxidation sites excluding steroid dienone is 4. The van der Waals surface area contributed by atoms with Gasteiger partial charge in [-0.25, -0.2) is 4.79 Å². The van der Waals surface area contributed by atoms with E-state index in [9.17, 15) is 14.7 Å². The molecule has 5 unspecified atom stereocenters. The first-order chi connectivity index (χ1) is 14.6. The number of halogens is 1. The van der Waals surface area contributed by atoms with E-state index < -0.39 is 35.3 Å². The van der Waals surface area contributed by atoms with Gasteiger partial charge >= 0.3 is 5.97 Å². The zero-order chi connectivity index (χ0) is 23.1. The summed E-state index contributed by atoms with van der Waals surface area (Å²) in [4.78, 5) is 26.1. The molecule has 0 saturated heterocycles. The maximum Gasteiger partial charge on any atom is 0.337 e. The summed E-state index contributed by atoms with van der Waals surface area (Å²) >= 11 is 6.50. The molecule has 0 aromatic carbocycles. The molecule has 0 amide bonds. The van der Waals surface area contributed by atoms with E-state index in [1.54, 1.807) is 26.8 Å². The Hall–Kier alpha value is -2.31. The van der Waals surface area contributed by atoms with Crippen LogP contribution in [0.3, 0.4) is 0 Å². The number of carbonyl (C=O) groups excluding carboxylic acids is 2. The molecule has 1 N–H and O–H groups in total. The third-order valence-corrected chi connectivity index (χ3v) is 6.69. The van der Waals surface area contributed by atoms with E-state index in [1.807, 2.05) is 12.2 Å². The molecule has 3 rings (SSSR count). The maximum absolute atomic E-state index is 13.3. The number of Topliss-reactive ketones (excluding diaryl/α,β-unsaturated/α-hetero) is 1. The molecule has 0 saturated carbocycles. The molecule has 0 radical (unpaired) electrons. The van der Waals surface area contributed by atoms with E-state index in [0.717, 1.165) is 6.42 Å². The first kappa shape index (κ1) is 23.4. The molecule has 3 aliphatic rings. The zero-order valence-corrected chi connectivity index (χ0v) is 19.4. The predicted octanol–water partition coefficient (Wildman–Crippen LogP) is 4.31. The summed E-state index contributed by atoms with van der Waals surface area (Å²) in [5, 5.41) is 10.2. The number of hydrogen-bond donors (Lipinski definition) is 1. The molecule has 0 bridgehead atoms. The smallest absolute Gasteiger partial charge is 0.337 e. The van der Waals surface area contributed by atoms with Gasteiger partial charge in [-0.05, 0) is 31.9 Å². The average molecular weight is 449 g/mol. The topological polar surface area (TPSA) is 82.1 Å². The summed E-state index contributed by atoms with van der Waals surface area (Å²) in [6, 6.07) is 0. The molecular formula is C24H29ClO6. The Morgan fingerprint density at radius 3 is 2.65 bits per heavy atom. The molecule has 0 fully saturated rings. The zero-order valence-electron chi connectivity index (χ0n) is 18.7. The van der Waals surface area contributed by atoms with Gasteiger partial charge in [0.1, 0.15) is 11.5 Å². The highest BCUT2D eigenvalue weighted by atomic mass is 35.5. The van der Waals surface area contributed by atoms with Crippen LogP contribution in [0.5, 0.6) is 0 Å². The van der Waals surface area contributed by atoms with Crippen LogP contribution in [0.25, 0.3) is 0 Å². The molecule has 31 heavy (non-hydrogen) atoms. The molecule has 2 heterocycles. The van der Waals surface area contributed by atoms with Crippen molar-refractivity contribution in [2.24, 2.45) is 17.8 Å². The van der Waals surface area contributed by atoms with Crippen LogP contribution in [0.15, 0.2) is 57.8 Å². The highest BCUT2D eigenvalue weighted by Crippen LogP contribution is 2.54. The molecule has 0 aromatic heterocycles. The Morgan fingerprint density at radius 1 is 1.39 bits per heavy atom. The number of carbonyl (C=O) groups is 2. The van der Waals surface area contributed by atoms with Crippen LogP contribution in [-0.2, 0) is 23.8 Å². The normalized spacial score (nSPS) is 28.3. The summed E-state index contributed by atoms with van der Waals surface area (Å²) in [5.41, 5.74) is -0.160. The van der Waals surface area contributed by atoms with Crippen LogP contribution in [-0.4, -0.2) is 35.7 Å². The highest BCUT2D eigenvalue weighted by Gasteiger charge is 2.60. The number of methoxy groups -OCH3 is 1. The minimum absolute atomic E-state index is 0.0258. The van der Waals surface area contributed by atoms with Gasteiger partial charge in [0.15, 0.2) is 5.60 Å². The van der Waals surface area contributed by atoms with Gasteiger partial charge in [0.25, 0.3) is 0 Å². The molecule has 6 nitrogen and oxygen atoms in total. The van der Waals surface area contributed by atoms with E-state index in [2.05, 4.69) is 13.8 Å². The van der Waals surface area contributed by atoms with Crippen molar-refractivity contribution in [3.05, 3.63) is 57.8 Å². The number of ether oxygens (including phenoxy) is 3. The lowest BCUT2D eigenvalue weighted by molar-refractivity contribution is -0.137. The van der Waals surface area contributed by atoms with Gasteiger partial charge in [-0.2, -0.15) is 0 Å². The standard InChI is InChI=1S/C24H29ClO6/c1-7-12(2)8-9-15-10-16-17(11-30-15)19-18(23(28)29-6)21(13(3)14(4)26)31-24(19,5)22(27)20(16)25/h8-14,19,26H,7H2,1-6H3. The number of hydrogen-bond acceptors (Lipinski definition) is 6. The molecule has 0 aromatic rings. The first-order valence-corrected chi connectivity index (χ1v) is 10.9. The summed E-state index contributed by atoms with van der Waals surface area (Å²) in [5.74, 6) is -1.18. The third kappa shape index (κ3) is 3.87. The van der Waals surface area contributed by atoms with Crippen LogP contribution in [0.4, 0.5) is 0 Å².